The average Bonchev–Trinajstić information content (AvgIpc) is 3.20. The Kier molecular flexibility index (Phi) is 8.99. The number of nitrogens with one attached hydrogen (secondary N) is 2. The topological polar surface area (TPSA) is 122 Å². The summed E-state index contributed by atoms with van der Waals surface area (Å²) in [4.78, 5) is 22.8. The number of rotatable bonds is 12. The van der Waals surface area contributed by atoms with Crippen molar-refractivity contribution < 1.29 is 13.2 Å². The zero-order chi connectivity index (χ0) is 26.4. The standard InChI is InChI=1S/C26H38N6O4S/c1-4-6-8-11-23-28-19(3)24-26(33)29-25(30-32(23)24)21-18-20(12-13-22(21)36-5-2)37(34,35)27-14-17-31-15-9-7-10-16-31/h12-13,18,27H,4-11,14-17H2,1-3H3,(H,29,30,33). The number of benzene rings is 1. The monoisotopic (exact) mass is 530 g/mol. The van der Waals surface area contributed by atoms with Gasteiger partial charge in [0, 0.05) is 19.5 Å². The molecule has 4 rings (SSSR count). The van der Waals surface area contributed by atoms with Crippen LogP contribution in [0.1, 0.15) is 63.9 Å². The van der Waals surface area contributed by atoms with Crippen molar-refractivity contribution in [2.45, 2.75) is 70.6 Å². The molecule has 0 unspecified atom stereocenters. The van der Waals surface area contributed by atoms with E-state index in [4.69, 9.17) is 9.84 Å². The summed E-state index contributed by atoms with van der Waals surface area (Å²) in [5, 5.41) is 4.69. The second kappa shape index (κ2) is 12.2. The van der Waals surface area contributed by atoms with Crippen molar-refractivity contribution in [3.8, 4) is 17.1 Å². The highest BCUT2D eigenvalue weighted by Gasteiger charge is 2.21. The van der Waals surface area contributed by atoms with Crippen LogP contribution in [-0.4, -0.2) is 65.7 Å². The Morgan fingerprint density at radius 1 is 1.14 bits per heavy atom. The van der Waals surface area contributed by atoms with Crippen LogP contribution in [0.5, 0.6) is 5.75 Å². The number of aryl methyl sites for hydroxylation is 2. The minimum Gasteiger partial charge on any atom is -0.493 e. The van der Waals surface area contributed by atoms with Crippen LogP contribution in [0.25, 0.3) is 16.9 Å². The van der Waals surface area contributed by atoms with E-state index in [0.717, 1.165) is 51.0 Å². The van der Waals surface area contributed by atoms with Gasteiger partial charge in [0.25, 0.3) is 5.56 Å². The molecule has 11 heteroatoms. The third-order valence-corrected chi connectivity index (χ3v) is 8.19. The molecule has 2 aromatic heterocycles. The summed E-state index contributed by atoms with van der Waals surface area (Å²) < 4.78 is 36.3. The summed E-state index contributed by atoms with van der Waals surface area (Å²) >= 11 is 0. The maximum atomic E-state index is 13.1. The van der Waals surface area contributed by atoms with Gasteiger partial charge in [0.05, 0.1) is 22.8 Å². The molecule has 2 N–H and O–H groups in total. The molecule has 0 aliphatic carbocycles. The van der Waals surface area contributed by atoms with E-state index in [1.54, 1.807) is 17.5 Å². The largest absolute Gasteiger partial charge is 0.493 e. The maximum Gasteiger partial charge on any atom is 0.277 e. The molecule has 1 aliphatic rings. The van der Waals surface area contributed by atoms with Gasteiger partial charge in [0.1, 0.15) is 11.6 Å². The maximum absolute atomic E-state index is 13.1. The van der Waals surface area contributed by atoms with Gasteiger partial charge in [-0.15, -0.1) is 5.10 Å². The van der Waals surface area contributed by atoms with E-state index in [9.17, 15) is 13.2 Å². The van der Waals surface area contributed by atoms with E-state index < -0.39 is 10.0 Å². The highest BCUT2D eigenvalue weighted by molar-refractivity contribution is 7.89. The molecule has 3 aromatic rings. The molecule has 1 aromatic carbocycles. The van der Waals surface area contributed by atoms with E-state index >= 15 is 0 Å². The molecule has 3 heterocycles. The third kappa shape index (κ3) is 6.39. The van der Waals surface area contributed by atoms with Gasteiger partial charge >= 0.3 is 0 Å². The number of ether oxygens (including phenoxy) is 1. The van der Waals surface area contributed by atoms with Crippen LogP contribution < -0.4 is 15.0 Å². The molecular formula is C26H38N6O4S. The fourth-order valence-corrected chi connectivity index (χ4v) is 5.85. The second-order valence-corrected chi connectivity index (χ2v) is 11.3. The van der Waals surface area contributed by atoms with Gasteiger partial charge in [-0.25, -0.2) is 22.6 Å². The van der Waals surface area contributed by atoms with Gasteiger partial charge in [-0.2, -0.15) is 0 Å². The quantitative estimate of drug-likeness (QED) is 0.345. The van der Waals surface area contributed by atoms with Crippen LogP contribution in [0, 0.1) is 6.92 Å². The number of imidazole rings is 1. The van der Waals surface area contributed by atoms with Crippen molar-refractivity contribution in [1.82, 2.24) is 29.2 Å². The van der Waals surface area contributed by atoms with Gasteiger partial charge in [0.15, 0.2) is 11.3 Å². The summed E-state index contributed by atoms with van der Waals surface area (Å²) in [7, 11) is -3.77. The van der Waals surface area contributed by atoms with E-state index in [2.05, 4.69) is 26.5 Å². The highest BCUT2D eigenvalue weighted by Crippen LogP contribution is 2.30. The molecule has 0 amide bonds. The number of likely N-dealkylation sites (tertiary alicyclic amines) is 1. The van der Waals surface area contributed by atoms with Crippen molar-refractivity contribution >= 4 is 15.5 Å². The first-order valence-electron chi connectivity index (χ1n) is 13.3. The molecule has 0 saturated carbocycles. The molecule has 1 saturated heterocycles. The van der Waals surface area contributed by atoms with Gasteiger partial charge in [0.2, 0.25) is 10.0 Å². The highest BCUT2D eigenvalue weighted by atomic mass is 32.2. The van der Waals surface area contributed by atoms with Crippen molar-refractivity contribution in [3.05, 3.63) is 40.1 Å². The minimum atomic E-state index is -3.77. The number of aromatic nitrogens is 4. The zero-order valence-electron chi connectivity index (χ0n) is 22.0. The second-order valence-electron chi connectivity index (χ2n) is 9.52. The molecule has 10 nitrogen and oxygen atoms in total. The fraction of sp³-hybridized carbons (Fsp3) is 0.577. The van der Waals surface area contributed by atoms with Gasteiger partial charge in [-0.1, -0.05) is 26.2 Å². The first kappa shape index (κ1) is 27.3. The first-order chi connectivity index (χ1) is 17.8. The Bertz CT molecular complexity index is 1380. The number of fused-ring (bicyclic) bond motifs is 1. The predicted molar refractivity (Wildman–Crippen MR) is 144 cm³/mol. The fourth-order valence-electron chi connectivity index (χ4n) is 4.80. The zero-order valence-corrected chi connectivity index (χ0v) is 22.9. The Morgan fingerprint density at radius 3 is 2.65 bits per heavy atom. The normalized spacial score (nSPS) is 14.9. The van der Waals surface area contributed by atoms with Crippen LogP contribution in [0.4, 0.5) is 0 Å². The number of unbranched alkanes of at least 4 members (excludes halogenated alkanes) is 2. The average molecular weight is 531 g/mol. The Balaban J connectivity index is 1.67. The Labute approximate surface area is 218 Å². The summed E-state index contributed by atoms with van der Waals surface area (Å²) in [6.45, 7) is 9.18. The molecular weight excluding hydrogens is 492 g/mol. The lowest BCUT2D eigenvalue weighted by Crippen LogP contribution is -2.37. The Morgan fingerprint density at radius 2 is 1.92 bits per heavy atom. The summed E-state index contributed by atoms with van der Waals surface area (Å²) in [6.07, 6.45) is 7.32. The van der Waals surface area contributed by atoms with E-state index in [-0.39, 0.29) is 16.3 Å². The molecule has 1 fully saturated rings. The lowest BCUT2D eigenvalue weighted by molar-refractivity contribution is 0.233. The van der Waals surface area contributed by atoms with Crippen LogP contribution in [-0.2, 0) is 16.4 Å². The number of hydrogen-bond acceptors (Lipinski definition) is 7. The van der Waals surface area contributed by atoms with E-state index in [1.807, 2.05) is 6.92 Å². The van der Waals surface area contributed by atoms with Crippen LogP contribution in [0.15, 0.2) is 27.9 Å². The van der Waals surface area contributed by atoms with Gasteiger partial charge in [-0.3, -0.25) is 4.79 Å². The third-order valence-electron chi connectivity index (χ3n) is 6.73. The van der Waals surface area contributed by atoms with Gasteiger partial charge in [-0.05, 0) is 64.4 Å². The lowest BCUT2D eigenvalue weighted by Gasteiger charge is -2.26. The number of aromatic amines is 1. The molecule has 202 valence electrons. The van der Waals surface area contributed by atoms with Crippen molar-refractivity contribution in [2.24, 2.45) is 0 Å². The molecule has 1 aliphatic heterocycles. The molecule has 0 spiro atoms. The summed E-state index contributed by atoms with van der Waals surface area (Å²) in [6, 6.07) is 4.65. The summed E-state index contributed by atoms with van der Waals surface area (Å²) in [5.74, 6) is 1.40. The molecule has 37 heavy (non-hydrogen) atoms. The first-order valence-corrected chi connectivity index (χ1v) is 14.8. The van der Waals surface area contributed by atoms with Crippen LogP contribution >= 0.6 is 0 Å². The number of H-pyrrole nitrogens is 1. The minimum absolute atomic E-state index is 0.0947. The molecule has 0 bridgehead atoms. The van der Waals surface area contributed by atoms with Crippen molar-refractivity contribution in [3.63, 3.8) is 0 Å². The molecule has 0 radical (unpaired) electrons. The number of hydrogen-bond donors (Lipinski definition) is 2. The SMILES string of the molecule is CCCCCc1nc(C)c2c(=O)[nH]c(-c3cc(S(=O)(=O)NCCN4CCCCC4)ccc3OCC)nn12. The van der Waals surface area contributed by atoms with Crippen molar-refractivity contribution in [2.75, 3.05) is 32.8 Å². The summed E-state index contributed by atoms with van der Waals surface area (Å²) in [5.41, 5.74) is 1.10. The Hall–Kier alpha value is -2.76. The molecule has 0 atom stereocenters. The number of sulfonamides is 1. The van der Waals surface area contributed by atoms with E-state index in [1.165, 1.54) is 18.6 Å². The van der Waals surface area contributed by atoms with Crippen LogP contribution in [0.3, 0.4) is 0 Å². The smallest absolute Gasteiger partial charge is 0.277 e. The van der Waals surface area contributed by atoms with Crippen LogP contribution in [0.2, 0.25) is 0 Å². The number of piperidine rings is 1. The van der Waals surface area contributed by atoms with Gasteiger partial charge < -0.3 is 14.6 Å². The lowest BCUT2D eigenvalue weighted by atomic mass is 10.1. The predicted octanol–water partition coefficient (Wildman–Crippen LogP) is 3.29. The van der Waals surface area contributed by atoms with Crippen molar-refractivity contribution in [1.29, 1.82) is 0 Å². The van der Waals surface area contributed by atoms with E-state index in [0.29, 0.717) is 48.6 Å². The number of nitrogens with zero attached hydrogens (tertiary/aromatic N) is 4.